The lowest BCUT2D eigenvalue weighted by molar-refractivity contribution is -0.141. The Bertz CT molecular complexity index is 1300. The van der Waals surface area contributed by atoms with Crippen molar-refractivity contribution >= 4 is 17.6 Å². The van der Waals surface area contributed by atoms with Crippen molar-refractivity contribution in [3.63, 3.8) is 0 Å². The van der Waals surface area contributed by atoms with Gasteiger partial charge in [0.25, 0.3) is 0 Å². The van der Waals surface area contributed by atoms with Crippen LogP contribution in [0.2, 0.25) is 0 Å². The predicted molar refractivity (Wildman–Crippen MR) is 143 cm³/mol. The molecule has 0 saturated heterocycles. The van der Waals surface area contributed by atoms with Crippen molar-refractivity contribution in [2.45, 2.75) is 39.8 Å². The number of anilines is 1. The number of hydrogen-bond acceptors (Lipinski definition) is 5. The first-order valence-electron chi connectivity index (χ1n) is 12.5. The summed E-state index contributed by atoms with van der Waals surface area (Å²) in [5, 5.41) is 4.42. The van der Waals surface area contributed by atoms with Gasteiger partial charge in [-0.25, -0.2) is 14.6 Å². The number of fused-ring (bicyclic) bond motifs is 1. The number of rotatable bonds is 3. The summed E-state index contributed by atoms with van der Waals surface area (Å²) in [5.41, 5.74) is 1.47. The van der Waals surface area contributed by atoms with Gasteiger partial charge in [0.2, 0.25) is 11.7 Å². The number of nitrogens with zero attached hydrogens (tertiary/aromatic N) is 5. The van der Waals surface area contributed by atoms with E-state index in [1.165, 1.54) is 0 Å². The van der Waals surface area contributed by atoms with Crippen LogP contribution in [0.25, 0.3) is 5.69 Å². The van der Waals surface area contributed by atoms with Crippen LogP contribution >= 0.6 is 0 Å². The van der Waals surface area contributed by atoms with Crippen molar-refractivity contribution in [3.8, 4) is 5.69 Å². The summed E-state index contributed by atoms with van der Waals surface area (Å²) in [6.45, 7) is 6.68. The van der Waals surface area contributed by atoms with Crippen LogP contribution < -0.4 is 10.4 Å². The number of amides is 2. The van der Waals surface area contributed by atoms with Gasteiger partial charge in [-0.3, -0.25) is 14.5 Å². The molecular formula is C28H30F4N6O2. The highest BCUT2D eigenvalue weighted by molar-refractivity contribution is 5.95. The smallest absolute Gasteiger partial charge is 0.297 e. The van der Waals surface area contributed by atoms with Gasteiger partial charge in [0.05, 0.1) is 11.9 Å². The molecule has 5 rings (SSSR count). The fourth-order valence-electron chi connectivity index (χ4n) is 3.47. The van der Waals surface area contributed by atoms with Crippen molar-refractivity contribution in [2.24, 2.45) is 0 Å². The molecule has 0 atom stereocenters. The average Bonchev–Trinajstić information content (AvgIpc) is 3.44. The zero-order valence-corrected chi connectivity index (χ0v) is 22.3. The van der Waals surface area contributed by atoms with E-state index in [4.69, 9.17) is 0 Å². The van der Waals surface area contributed by atoms with Gasteiger partial charge in [-0.1, -0.05) is 72.9 Å². The molecule has 0 saturated carbocycles. The van der Waals surface area contributed by atoms with E-state index in [9.17, 15) is 27.2 Å². The van der Waals surface area contributed by atoms with Crippen molar-refractivity contribution in [1.82, 2.24) is 25.3 Å². The number of halogens is 4. The Morgan fingerprint density at radius 2 is 1.52 bits per heavy atom. The Morgan fingerprint density at radius 1 is 0.950 bits per heavy atom. The van der Waals surface area contributed by atoms with Crippen molar-refractivity contribution in [2.75, 3.05) is 11.4 Å². The first kappa shape index (κ1) is 31.6. The van der Waals surface area contributed by atoms with Gasteiger partial charge >= 0.3 is 12.1 Å². The van der Waals surface area contributed by atoms with E-state index in [-0.39, 0.29) is 5.91 Å². The second-order valence-corrected chi connectivity index (χ2v) is 7.72. The van der Waals surface area contributed by atoms with E-state index in [2.05, 4.69) is 15.1 Å². The molecule has 1 aliphatic heterocycles. The molecule has 212 valence electrons. The molecule has 4 aromatic rings. The number of carbonyl (C=O) groups is 2. The topological polar surface area (TPSA) is 93.0 Å². The second kappa shape index (κ2) is 15.7. The molecule has 0 unspecified atom stereocenters. The molecule has 0 radical (unpaired) electrons. The second-order valence-electron chi connectivity index (χ2n) is 7.72. The quantitative estimate of drug-likeness (QED) is 0.246. The summed E-state index contributed by atoms with van der Waals surface area (Å²) in [7, 11) is 0. The van der Waals surface area contributed by atoms with Crippen molar-refractivity contribution in [1.29, 1.82) is 0 Å². The van der Waals surface area contributed by atoms with E-state index >= 15 is 0 Å². The third kappa shape index (κ3) is 8.72. The lowest BCUT2D eigenvalue weighted by Crippen LogP contribution is -2.36. The summed E-state index contributed by atoms with van der Waals surface area (Å²) in [5.74, 6) is -1.18. The number of hydrogen-bond donors (Lipinski definition) is 1. The number of aromatic nitrogens is 4. The molecule has 8 nitrogen and oxygen atoms in total. The van der Waals surface area contributed by atoms with Gasteiger partial charge < -0.3 is 0 Å². The van der Waals surface area contributed by atoms with E-state index in [1.54, 1.807) is 0 Å². The Balaban J connectivity index is 0.000000226. The maximum atomic E-state index is 12.0. The minimum atomic E-state index is -4.69. The molecule has 0 spiro atoms. The highest BCUT2D eigenvalue weighted by Gasteiger charge is 2.33. The van der Waals surface area contributed by atoms with Crippen LogP contribution in [0, 0.1) is 0 Å². The maximum Gasteiger partial charge on any atom is 0.433 e. The van der Waals surface area contributed by atoms with Crippen LogP contribution in [0.1, 0.15) is 49.1 Å². The molecule has 1 N–H and O–H groups in total. The molecule has 2 aromatic carbocycles. The zero-order valence-electron chi connectivity index (χ0n) is 22.3. The molecule has 0 bridgehead atoms. The summed E-state index contributed by atoms with van der Waals surface area (Å²) < 4.78 is 49.5. The number of para-hydroxylation sites is 1. The van der Waals surface area contributed by atoms with Gasteiger partial charge in [0.1, 0.15) is 11.5 Å². The van der Waals surface area contributed by atoms with Crippen LogP contribution in [0.15, 0.2) is 85.2 Å². The van der Waals surface area contributed by atoms with Crippen LogP contribution in [0.5, 0.6) is 0 Å². The SMILES string of the molecule is CC.CCN1C(=O)CCc2cnn(-c3ccccc3)c21.O=C(NF)c1nccc(C(F)(F)F)n1.c1ccccc1. The van der Waals surface area contributed by atoms with E-state index in [0.717, 1.165) is 29.7 Å². The van der Waals surface area contributed by atoms with Gasteiger partial charge in [-0.05, 0) is 31.5 Å². The number of nitrogens with one attached hydrogen (secondary N) is 1. The lowest BCUT2D eigenvalue weighted by Gasteiger charge is -2.27. The number of benzene rings is 2. The highest BCUT2D eigenvalue weighted by Crippen LogP contribution is 2.30. The average molecular weight is 559 g/mol. The lowest BCUT2D eigenvalue weighted by atomic mass is 10.1. The molecule has 2 amide bonds. The Morgan fingerprint density at radius 3 is 2.05 bits per heavy atom. The summed E-state index contributed by atoms with van der Waals surface area (Å²) in [4.78, 5) is 30.3. The number of carbonyl (C=O) groups excluding carboxylic acids is 2. The standard InChI is InChI=1S/C14H15N3O.C6H3F4N3O.C6H6.C2H6/c1-2-16-13(18)9-8-11-10-15-17(14(11)16)12-6-4-3-5-7-12;7-6(8,9)3-1-2-11-4(12-3)5(14)13-10;1-2-4-6-5-3-1;1-2/h3-7,10H,2,8-9H2,1H3;1-2H,(H,13,14);1-6H;1-2H3. The van der Waals surface area contributed by atoms with Crippen molar-refractivity contribution in [3.05, 3.63) is 102 Å². The minimum Gasteiger partial charge on any atom is -0.297 e. The van der Waals surface area contributed by atoms with Gasteiger partial charge in [0, 0.05) is 24.7 Å². The van der Waals surface area contributed by atoms with E-state index in [1.807, 2.05) is 103 Å². The summed E-state index contributed by atoms with van der Waals surface area (Å²) >= 11 is 0. The van der Waals surface area contributed by atoms with Crippen LogP contribution in [-0.2, 0) is 17.4 Å². The molecule has 2 aromatic heterocycles. The summed E-state index contributed by atoms with van der Waals surface area (Å²) in [6.07, 6.45) is -0.717. The molecular weight excluding hydrogens is 528 g/mol. The van der Waals surface area contributed by atoms with Gasteiger partial charge in [0.15, 0.2) is 0 Å². The summed E-state index contributed by atoms with van der Waals surface area (Å²) in [6, 6.07) is 22.5. The fourth-order valence-corrected chi connectivity index (χ4v) is 3.47. The van der Waals surface area contributed by atoms with E-state index < -0.39 is 23.6 Å². The Hall–Kier alpha value is -4.61. The van der Waals surface area contributed by atoms with E-state index in [0.29, 0.717) is 24.6 Å². The highest BCUT2D eigenvalue weighted by atomic mass is 19.4. The first-order chi connectivity index (χ1) is 19.3. The monoisotopic (exact) mass is 558 g/mol. The van der Waals surface area contributed by atoms with Gasteiger partial charge in [-0.2, -0.15) is 23.8 Å². The van der Waals surface area contributed by atoms with Crippen LogP contribution in [0.4, 0.5) is 23.5 Å². The Kier molecular flexibility index (Phi) is 12.4. The molecule has 0 aliphatic carbocycles. The third-order valence-corrected chi connectivity index (χ3v) is 5.20. The molecule has 40 heavy (non-hydrogen) atoms. The maximum absolute atomic E-state index is 12.0. The number of alkyl halides is 3. The molecule has 3 heterocycles. The molecule has 0 fully saturated rings. The number of aryl methyl sites for hydroxylation is 1. The third-order valence-electron chi connectivity index (χ3n) is 5.20. The predicted octanol–water partition coefficient (Wildman–Crippen LogP) is 5.99. The van der Waals surface area contributed by atoms with Crippen LogP contribution in [0.3, 0.4) is 0 Å². The fraction of sp³-hybridized carbons (Fsp3) is 0.250. The van der Waals surface area contributed by atoms with Crippen molar-refractivity contribution < 1.29 is 27.2 Å². The minimum absolute atomic E-state index is 0.183. The Labute approximate surface area is 229 Å². The first-order valence-corrected chi connectivity index (χ1v) is 12.5. The molecule has 1 aliphatic rings. The largest absolute Gasteiger partial charge is 0.433 e. The van der Waals surface area contributed by atoms with Gasteiger partial charge in [-0.15, -0.1) is 0 Å². The normalized spacial score (nSPS) is 11.9. The van der Waals surface area contributed by atoms with Crippen LogP contribution in [-0.4, -0.2) is 38.1 Å². The molecule has 12 heteroatoms. The zero-order chi connectivity index (χ0) is 29.5.